The van der Waals surface area contributed by atoms with Gasteiger partial charge in [-0.05, 0) is 30.4 Å². The van der Waals surface area contributed by atoms with Crippen LogP contribution in [0.3, 0.4) is 0 Å². The molecule has 1 aliphatic heterocycles. The Morgan fingerprint density at radius 1 is 1.11 bits per heavy atom. The Morgan fingerprint density at radius 2 is 1.78 bits per heavy atom. The first kappa shape index (κ1) is 13.1. The fourth-order valence-corrected chi connectivity index (χ4v) is 2.29. The lowest BCUT2D eigenvalue weighted by atomic mass is 9.79. The molecule has 0 saturated carbocycles. The van der Waals surface area contributed by atoms with Crippen LogP contribution in [-0.4, -0.2) is 41.1 Å². The zero-order valence-corrected chi connectivity index (χ0v) is 10.4. The third kappa shape index (κ3) is 3.12. The van der Waals surface area contributed by atoms with E-state index in [1.54, 1.807) is 24.3 Å². The Balaban J connectivity index is 2.14. The molecule has 18 heavy (non-hydrogen) atoms. The zero-order valence-electron chi connectivity index (χ0n) is 10.4. The Labute approximate surface area is 107 Å². The second kappa shape index (κ2) is 6.02. The summed E-state index contributed by atoms with van der Waals surface area (Å²) in [6, 6.07) is 6.56. The molecule has 0 unspecified atom stereocenters. The van der Waals surface area contributed by atoms with Gasteiger partial charge >= 0.3 is 7.12 Å². The minimum absolute atomic E-state index is 0.0144. The number of likely N-dealkylation sites (tertiary alicyclic amines) is 1. The van der Waals surface area contributed by atoms with Crippen molar-refractivity contribution in [2.75, 3.05) is 13.1 Å². The summed E-state index contributed by atoms with van der Waals surface area (Å²) in [6.07, 6.45) is 4.46. The summed E-state index contributed by atoms with van der Waals surface area (Å²) in [6.45, 7) is 1.59. The van der Waals surface area contributed by atoms with Gasteiger partial charge in [0, 0.05) is 18.7 Å². The van der Waals surface area contributed by atoms with Crippen LogP contribution in [0, 0.1) is 0 Å². The molecule has 1 fully saturated rings. The van der Waals surface area contributed by atoms with E-state index in [4.69, 9.17) is 10.0 Å². The molecule has 1 heterocycles. The highest BCUT2D eigenvalue weighted by molar-refractivity contribution is 6.58. The largest absolute Gasteiger partial charge is 0.488 e. The number of benzene rings is 1. The molecular formula is C13H18BNO3. The molecule has 96 valence electrons. The van der Waals surface area contributed by atoms with Crippen LogP contribution in [0.2, 0.25) is 0 Å². The van der Waals surface area contributed by atoms with Crippen LogP contribution >= 0.6 is 0 Å². The summed E-state index contributed by atoms with van der Waals surface area (Å²) in [5.74, 6) is -0.0144. The van der Waals surface area contributed by atoms with Gasteiger partial charge in [0.05, 0.1) is 0 Å². The predicted molar refractivity (Wildman–Crippen MR) is 70.6 cm³/mol. The van der Waals surface area contributed by atoms with Gasteiger partial charge in [-0.3, -0.25) is 4.79 Å². The Bertz CT molecular complexity index is 414. The van der Waals surface area contributed by atoms with Gasteiger partial charge in [-0.15, -0.1) is 0 Å². The van der Waals surface area contributed by atoms with Crippen molar-refractivity contribution in [3.05, 3.63) is 29.8 Å². The van der Waals surface area contributed by atoms with Gasteiger partial charge in [-0.25, -0.2) is 0 Å². The first-order chi connectivity index (χ1) is 8.68. The molecule has 1 saturated heterocycles. The van der Waals surface area contributed by atoms with E-state index >= 15 is 0 Å². The minimum Gasteiger partial charge on any atom is -0.423 e. The Morgan fingerprint density at radius 3 is 2.39 bits per heavy atom. The van der Waals surface area contributed by atoms with Gasteiger partial charge < -0.3 is 14.9 Å². The molecule has 2 N–H and O–H groups in total. The van der Waals surface area contributed by atoms with Crippen LogP contribution < -0.4 is 5.46 Å². The number of amides is 1. The maximum atomic E-state index is 12.3. The summed E-state index contributed by atoms with van der Waals surface area (Å²) < 4.78 is 0. The minimum atomic E-state index is -1.53. The quantitative estimate of drug-likeness (QED) is 0.743. The van der Waals surface area contributed by atoms with E-state index in [9.17, 15) is 4.79 Å². The van der Waals surface area contributed by atoms with Gasteiger partial charge in [-0.1, -0.05) is 25.0 Å². The molecule has 0 radical (unpaired) electrons. The Hall–Kier alpha value is -1.33. The summed E-state index contributed by atoms with van der Waals surface area (Å²) in [7, 11) is -1.53. The van der Waals surface area contributed by atoms with Gasteiger partial charge in [0.15, 0.2) is 0 Å². The standard InChI is InChI=1S/C13H18BNO3/c16-13(15-8-3-1-2-4-9-15)11-6-5-7-12(10-11)14(17)18/h5-7,10,17-18H,1-4,8-9H2. The molecule has 0 aromatic heterocycles. The van der Waals surface area contributed by atoms with Crippen LogP contribution in [0.5, 0.6) is 0 Å². The van der Waals surface area contributed by atoms with E-state index in [0.717, 1.165) is 25.9 Å². The second-order valence-electron chi connectivity index (χ2n) is 4.71. The molecule has 1 amide bonds. The SMILES string of the molecule is O=C(c1cccc(B(O)O)c1)N1CCCCCC1. The lowest BCUT2D eigenvalue weighted by molar-refractivity contribution is 0.0762. The van der Waals surface area contributed by atoms with Crippen LogP contribution in [-0.2, 0) is 0 Å². The van der Waals surface area contributed by atoms with Gasteiger partial charge in [0.25, 0.3) is 5.91 Å². The number of carbonyl (C=O) groups excluding carboxylic acids is 1. The molecule has 0 spiro atoms. The van der Waals surface area contributed by atoms with E-state index in [0.29, 0.717) is 11.0 Å². The molecule has 0 aliphatic carbocycles. The summed E-state index contributed by atoms with van der Waals surface area (Å²) in [5.41, 5.74) is 0.887. The third-order valence-corrected chi connectivity index (χ3v) is 3.32. The van der Waals surface area contributed by atoms with E-state index in [1.165, 1.54) is 12.8 Å². The first-order valence-corrected chi connectivity index (χ1v) is 6.44. The molecular weight excluding hydrogens is 229 g/mol. The Kier molecular flexibility index (Phi) is 4.39. The average Bonchev–Trinajstić information content (AvgIpc) is 2.67. The highest BCUT2D eigenvalue weighted by Gasteiger charge is 2.19. The van der Waals surface area contributed by atoms with Crippen molar-refractivity contribution in [1.82, 2.24) is 4.90 Å². The summed E-state index contributed by atoms with van der Waals surface area (Å²) >= 11 is 0. The van der Waals surface area contributed by atoms with Crippen LogP contribution in [0.15, 0.2) is 24.3 Å². The molecule has 5 heteroatoms. The average molecular weight is 247 g/mol. The monoisotopic (exact) mass is 247 g/mol. The van der Waals surface area contributed by atoms with Gasteiger partial charge in [-0.2, -0.15) is 0 Å². The third-order valence-electron chi connectivity index (χ3n) is 3.32. The van der Waals surface area contributed by atoms with Crippen molar-refractivity contribution < 1.29 is 14.8 Å². The summed E-state index contributed by atoms with van der Waals surface area (Å²) in [4.78, 5) is 14.1. The topological polar surface area (TPSA) is 60.8 Å². The smallest absolute Gasteiger partial charge is 0.423 e. The molecule has 0 bridgehead atoms. The van der Waals surface area contributed by atoms with Crippen molar-refractivity contribution in [3.63, 3.8) is 0 Å². The van der Waals surface area contributed by atoms with Crippen molar-refractivity contribution in [2.45, 2.75) is 25.7 Å². The lowest BCUT2D eigenvalue weighted by Gasteiger charge is -2.20. The van der Waals surface area contributed by atoms with Gasteiger partial charge in [0.1, 0.15) is 0 Å². The van der Waals surface area contributed by atoms with Crippen molar-refractivity contribution in [2.24, 2.45) is 0 Å². The van der Waals surface area contributed by atoms with E-state index in [1.807, 2.05) is 4.90 Å². The second-order valence-corrected chi connectivity index (χ2v) is 4.71. The van der Waals surface area contributed by atoms with Gasteiger partial charge in [0.2, 0.25) is 0 Å². The lowest BCUT2D eigenvalue weighted by Crippen LogP contribution is -2.34. The maximum Gasteiger partial charge on any atom is 0.488 e. The van der Waals surface area contributed by atoms with Crippen molar-refractivity contribution in [3.8, 4) is 0 Å². The molecule has 2 rings (SSSR count). The molecule has 1 aromatic carbocycles. The fraction of sp³-hybridized carbons (Fsp3) is 0.462. The normalized spacial score (nSPS) is 16.2. The van der Waals surface area contributed by atoms with E-state index < -0.39 is 7.12 Å². The van der Waals surface area contributed by atoms with Crippen LogP contribution in [0.1, 0.15) is 36.0 Å². The van der Waals surface area contributed by atoms with Crippen molar-refractivity contribution in [1.29, 1.82) is 0 Å². The number of hydrogen-bond acceptors (Lipinski definition) is 3. The molecule has 4 nitrogen and oxygen atoms in total. The highest BCUT2D eigenvalue weighted by atomic mass is 16.4. The number of carbonyl (C=O) groups is 1. The zero-order chi connectivity index (χ0) is 13.0. The van der Waals surface area contributed by atoms with Crippen LogP contribution in [0.25, 0.3) is 0 Å². The van der Waals surface area contributed by atoms with E-state index in [2.05, 4.69) is 0 Å². The molecule has 0 atom stereocenters. The number of hydrogen-bond donors (Lipinski definition) is 2. The van der Waals surface area contributed by atoms with Crippen LogP contribution in [0.4, 0.5) is 0 Å². The highest BCUT2D eigenvalue weighted by Crippen LogP contribution is 2.12. The first-order valence-electron chi connectivity index (χ1n) is 6.44. The van der Waals surface area contributed by atoms with Crippen molar-refractivity contribution >= 4 is 18.5 Å². The maximum absolute atomic E-state index is 12.3. The number of nitrogens with zero attached hydrogens (tertiary/aromatic N) is 1. The fourth-order valence-electron chi connectivity index (χ4n) is 2.29. The predicted octanol–water partition coefficient (Wildman–Crippen LogP) is 0.383. The molecule has 1 aliphatic rings. The van der Waals surface area contributed by atoms with E-state index in [-0.39, 0.29) is 5.91 Å². The summed E-state index contributed by atoms with van der Waals surface area (Å²) in [5, 5.41) is 18.2. The number of rotatable bonds is 2. The molecule has 1 aromatic rings.